The zero-order chi connectivity index (χ0) is 20.4. The Morgan fingerprint density at radius 3 is 2.36 bits per heavy atom. The molecule has 0 radical (unpaired) electrons. The number of carbonyl (C=O) groups is 4. The predicted molar refractivity (Wildman–Crippen MR) is 105 cm³/mol. The summed E-state index contributed by atoms with van der Waals surface area (Å²) in [4.78, 5) is 47.2. The summed E-state index contributed by atoms with van der Waals surface area (Å²) in [7, 11) is 0. The van der Waals surface area contributed by atoms with E-state index < -0.39 is 30.9 Å². The van der Waals surface area contributed by atoms with Crippen LogP contribution < -0.4 is 16.0 Å². The van der Waals surface area contributed by atoms with Gasteiger partial charge in [0.15, 0.2) is 6.61 Å². The van der Waals surface area contributed by atoms with E-state index in [1.165, 1.54) is 11.3 Å². The summed E-state index contributed by atoms with van der Waals surface area (Å²) in [6.45, 7) is 0.910. The number of esters is 1. The zero-order valence-corrected chi connectivity index (χ0v) is 16.1. The molecule has 2 aromatic rings. The van der Waals surface area contributed by atoms with Crippen LogP contribution in [0.2, 0.25) is 0 Å². The fourth-order valence-corrected chi connectivity index (χ4v) is 2.75. The van der Waals surface area contributed by atoms with Gasteiger partial charge >= 0.3 is 5.97 Å². The van der Waals surface area contributed by atoms with Crippen molar-refractivity contribution in [1.82, 2.24) is 10.6 Å². The minimum Gasteiger partial charge on any atom is -0.454 e. The van der Waals surface area contributed by atoms with Gasteiger partial charge in [0.2, 0.25) is 5.91 Å². The molecule has 1 heterocycles. The van der Waals surface area contributed by atoms with Gasteiger partial charge < -0.3 is 20.7 Å². The number of hydrogen-bond acceptors (Lipinski definition) is 6. The van der Waals surface area contributed by atoms with E-state index in [0.29, 0.717) is 10.6 Å². The van der Waals surface area contributed by atoms with E-state index in [4.69, 9.17) is 4.74 Å². The van der Waals surface area contributed by atoms with Crippen LogP contribution in [0.4, 0.5) is 5.69 Å². The minimum absolute atomic E-state index is 0.266. The maximum absolute atomic E-state index is 11.8. The third-order valence-electron chi connectivity index (χ3n) is 3.59. The number of rotatable bonds is 9. The molecule has 1 aromatic heterocycles. The summed E-state index contributed by atoms with van der Waals surface area (Å²) < 4.78 is 4.80. The summed E-state index contributed by atoms with van der Waals surface area (Å²) in [5, 5.41) is 9.11. The molecule has 0 atom stereocenters. The van der Waals surface area contributed by atoms with Crippen molar-refractivity contribution in [3.05, 3.63) is 52.2 Å². The third kappa shape index (κ3) is 7.20. The van der Waals surface area contributed by atoms with Gasteiger partial charge in [-0.2, -0.15) is 0 Å². The Hall–Kier alpha value is -3.20. The molecule has 0 aliphatic carbocycles. The third-order valence-corrected chi connectivity index (χ3v) is 4.46. The van der Waals surface area contributed by atoms with E-state index in [1.807, 2.05) is 19.1 Å². The number of amides is 3. The summed E-state index contributed by atoms with van der Waals surface area (Å²) in [6, 6.07) is 10.7. The molecule has 0 unspecified atom stereocenters. The second kappa shape index (κ2) is 10.8. The molecule has 0 fully saturated rings. The Morgan fingerprint density at radius 2 is 1.71 bits per heavy atom. The molecule has 0 aliphatic rings. The van der Waals surface area contributed by atoms with E-state index in [-0.39, 0.29) is 12.5 Å². The molecule has 28 heavy (non-hydrogen) atoms. The largest absolute Gasteiger partial charge is 0.454 e. The molecule has 3 amide bonds. The van der Waals surface area contributed by atoms with Crippen LogP contribution in [0, 0.1) is 0 Å². The number of hydrogen-bond donors (Lipinski definition) is 3. The normalized spacial score (nSPS) is 10.0. The van der Waals surface area contributed by atoms with E-state index in [9.17, 15) is 19.2 Å². The first-order chi connectivity index (χ1) is 13.5. The van der Waals surface area contributed by atoms with Gasteiger partial charge in [0, 0.05) is 5.69 Å². The van der Waals surface area contributed by atoms with Crippen LogP contribution in [0.15, 0.2) is 41.8 Å². The molecule has 148 valence electrons. The average Bonchev–Trinajstić information content (AvgIpc) is 3.24. The first-order valence-corrected chi connectivity index (χ1v) is 9.48. The van der Waals surface area contributed by atoms with Gasteiger partial charge in [0.25, 0.3) is 11.8 Å². The Bertz CT molecular complexity index is 819. The Kier molecular flexibility index (Phi) is 8.16. The van der Waals surface area contributed by atoms with Gasteiger partial charge in [0.05, 0.1) is 11.4 Å². The van der Waals surface area contributed by atoms with Crippen LogP contribution in [0.1, 0.15) is 22.2 Å². The van der Waals surface area contributed by atoms with Crippen molar-refractivity contribution in [2.24, 2.45) is 0 Å². The number of nitrogens with one attached hydrogen (secondary N) is 3. The molecule has 0 saturated heterocycles. The summed E-state index contributed by atoms with van der Waals surface area (Å²) in [6.07, 6.45) is 0.898. The smallest absolute Gasteiger partial charge is 0.325 e. The molecule has 0 bridgehead atoms. The molecular weight excluding hydrogens is 382 g/mol. The number of thiophene rings is 1. The van der Waals surface area contributed by atoms with Gasteiger partial charge in [0.1, 0.15) is 6.54 Å². The van der Waals surface area contributed by atoms with Gasteiger partial charge in [-0.15, -0.1) is 11.3 Å². The highest BCUT2D eigenvalue weighted by Gasteiger charge is 2.12. The Morgan fingerprint density at radius 1 is 0.964 bits per heavy atom. The molecule has 0 spiro atoms. The lowest BCUT2D eigenvalue weighted by Gasteiger charge is -2.08. The average molecular weight is 403 g/mol. The van der Waals surface area contributed by atoms with Crippen LogP contribution in [0.3, 0.4) is 0 Å². The van der Waals surface area contributed by atoms with E-state index >= 15 is 0 Å². The fraction of sp³-hybridized carbons (Fsp3) is 0.263. The lowest BCUT2D eigenvalue weighted by atomic mass is 10.1. The van der Waals surface area contributed by atoms with Crippen molar-refractivity contribution in [3.8, 4) is 0 Å². The lowest BCUT2D eigenvalue weighted by Crippen LogP contribution is -2.39. The zero-order valence-electron chi connectivity index (χ0n) is 15.3. The highest BCUT2D eigenvalue weighted by Crippen LogP contribution is 2.09. The van der Waals surface area contributed by atoms with Crippen LogP contribution >= 0.6 is 11.3 Å². The highest BCUT2D eigenvalue weighted by molar-refractivity contribution is 7.12. The number of aryl methyl sites for hydroxylation is 1. The maximum Gasteiger partial charge on any atom is 0.325 e. The molecule has 0 aliphatic heterocycles. The Labute approximate surface area is 166 Å². The molecular formula is C19H21N3O5S. The van der Waals surface area contributed by atoms with Crippen molar-refractivity contribution in [2.45, 2.75) is 13.3 Å². The van der Waals surface area contributed by atoms with Crippen molar-refractivity contribution in [1.29, 1.82) is 0 Å². The van der Waals surface area contributed by atoms with E-state index in [1.54, 1.807) is 29.6 Å². The molecule has 9 heteroatoms. The first-order valence-electron chi connectivity index (χ1n) is 8.60. The van der Waals surface area contributed by atoms with E-state index in [2.05, 4.69) is 16.0 Å². The van der Waals surface area contributed by atoms with Crippen molar-refractivity contribution in [3.63, 3.8) is 0 Å². The van der Waals surface area contributed by atoms with Crippen molar-refractivity contribution >= 4 is 40.7 Å². The SMILES string of the molecule is CCc1ccc(NC(=O)COC(=O)CNC(=O)CNC(=O)c2cccs2)cc1. The van der Waals surface area contributed by atoms with Crippen LogP contribution in [0.25, 0.3) is 0 Å². The number of ether oxygens (including phenoxy) is 1. The number of anilines is 1. The molecule has 1 aromatic carbocycles. The van der Waals surface area contributed by atoms with Crippen molar-refractivity contribution < 1.29 is 23.9 Å². The summed E-state index contributed by atoms with van der Waals surface area (Å²) in [5.74, 6) is -2.14. The fourth-order valence-electron chi connectivity index (χ4n) is 2.11. The second-order valence-corrected chi connectivity index (χ2v) is 6.64. The Balaban J connectivity index is 1.61. The van der Waals surface area contributed by atoms with Crippen LogP contribution in [-0.4, -0.2) is 43.4 Å². The lowest BCUT2D eigenvalue weighted by molar-refractivity contribution is -0.147. The van der Waals surface area contributed by atoms with Gasteiger partial charge in [-0.3, -0.25) is 19.2 Å². The monoisotopic (exact) mass is 403 g/mol. The molecule has 3 N–H and O–H groups in total. The van der Waals surface area contributed by atoms with Crippen LogP contribution in [0.5, 0.6) is 0 Å². The van der Waals surface area contributed by atoms with Gasteiger partial charge in [-0.05, 0) is 35.6 Å². The number of benzene rings is 1. The molecule has 8 nitrogen and oxygen atoms in total. The standard InChI is InChI=1S/C19H21N3O5S/c1-2-13-5-7-14(8-6-13)22-17(24)12-27-18(25)11-20-16(23)10-21-19(26)15-4-3-9-28-15/h3-9H,2,10-12H2,1H3,(H,20,23)(H,21,26)(H,22,24). The summed E-state index contributed by atoms with van der Waals surface area (Å²) in [5.41, 5.74) is 1.75. The topological polar surface area (TPSA) is 114 Å². The van der Waals surface area contributed by atoms with Gasteiger partial charge in [-0.1, -0.05) is 25.1 Å². The summed E-state index contributed by atoms with van der Waals surface area (Å²) >= 11 is 1.26. The maximum atomic E-state index is 11.8. The first kappa shape index (κ1) is 21.1. The van der Waals surface area contributed by atoms with Crippen LogP contribution in [-0.2, 0) is 25.5 Å². The quantitative estimate of drug-likeness (QED) is 0.547. The second-order valence-electron chi connectivity index (χ2n) is 5.70. The molecule has 0 saturated carbocycles. The predicted octanol–water partition coefficient (Wildman–Crippen LogP) is 1.34. The molecule has 2 rings (SSSR count). The van der Waals surface area contributed by atoms with E-state index in [0.717, 1.165) is 12.0 Å². The van der Waals surface area contributed by atoms with Crippen molar-refractivity contribution in [2.75, 3.05) is 25.0 Å². The number of carbonyl (C=O) groups excluding carboxylic acids is 4. The van der Waals surface area contributed by atoms with Gasteiger partial charge in [-0.25, -0.2) is 0 Å². The minimum atomic E-state index is -0.755. The highest BCUT2D eigenvalue weighted by atomic mass is 32.1.